The highest BCUT2D eigenvalue weighted by atomic mass is 32.1. The molecule has 0 amide bonds. The first-order chi connectivity index (χ1) is 15.9. The fraction of sp³-hybridized carbons (Fsp3) is 0.0741. The van der Waals surface area contributed by atoms with Gasteiger partial charge in [0.2, 0.25) is 0 Å². The maximum atomic E-state index is 13.3. The van der Waals surface area contributed by atoms with Crippen LogP contribution in [-0.2, 0) is 15.8 Å². The number of rotatable bonds is 6. The summed E-state index contributed by atoms with van der Waals surface area (Å²) in [6.07, 6.45) is -0.0453. The summed E-state index contributed by atoms with van der Waals surface area (Å²) in [4.78, 5) is 33.7. The quantitative estimate of drug-likeness (QED) is 0.268. The summed E-state index contributed by atoms with van der Waals surface area (Å²) < 4.78 is 13.4. The summed E-state index contributed by atoms with van der Waals surface area (Å²) in [6, 6.07) is 29.1. The highest BCUT2D eigenvalue weighted by Crippen LogP contribution is 2.55. The third-order valence-electron chi connectivity index (χ3n) is 5.84. The summed E-state index contributed by atoms with van der Waals surface area (Å²) in [6.45, 7) is 0. The molecule has 6 heteroatoms. The Hall–Kier alpha value is -3.08. The SMILES string of the molecule is O=C(Cc1ccc2ccccc2c1)C(c1csc2ccc(-c3ccccc3)cc12)P(=O)(O)O. The van der Waals surface area contributed by atoms with Crippen molar-refractivity contribution in [1.29, 1.82) is 0 Å². The second-order valence-corrected chi connectivity index (χ2v) is 10.7. The van der Waals surface area contributed by atoms with Gasteiger partial charge >= 0.3 is 7.60 Å². The van der Waals surface area contributed by atoms with Crippen molar-refractivity contribution in [3.05, 3.63) is 108 Å². The van der Waals surface area contributed by atoms with Gasteiger partial charge in [-0.1, -0.05) is 78.9 Å². The molecule has 1 unspecified atom stereocenters. The second-order valence-electron chi connectivity index (χ2n) is 8.08. The molecule has 0 aliphatic carbocycles. The summed E-state index contributed by atoms with van der Waals surface area (Å²) in [5.74, 6) is -0.483. The van der Waals surface area contributed by atoms with Gasteiger partial charge in [0.1, 0.15) is 5.66 Å². The summed E-state index contributed by atoms with van der Waals surface area (Å²) in [5.41, 5.74) is 1.58. The number of carbonyl (C=O) groups is 1. The van der Waals surface area contributed by atoms with Crippen molar-refractivity contribution in [3.63, 3.8) is 0 Å². The van der Waals surface area contributed by atoms with Crippen molar-refractivity contribution < 1.29 is 19.1 Å². The molecule has 1 atom stereocenters. The van der Waals surface area contributed by atoms with Gasteiger partial charge in [0, 0.05) is 11.1 Å². The van der Waals surface area contributed by atoms with Crippen molar-refractivity contribution in [1.82, 2.24) is 0 Å². The zero-order chi connectivity index (χ0) is 23.0. The number of Topliss-reactive ketones (excluding diaryl/α,β-unsaturated/α-hetero) is 1. The minimum Gasteiger partial charge on any atom is -0.324 e. The first-order valence-electron chi connectivity index (χ1n) is 10.5. The summed E-state index contributed by atoms with van der Waals surface area (Å²) >= 11 is 1.39. The molecule has 4 aromatic carbocycles. The standard InChI is InChI=1S/C27H21O4PS/c28-25(15-18-10-11-20-8-4-5-9-21(20)14-18)27(32(29,30)31)24-17-33-26-13-12-22(16-23(24)26)19-6-2-1-3-7-19/h1-14,16-17,27H,15H2,(H2,29,30,31). The molecule has 0 aliphatic heterocycles. The molecule has 0 saturated heterocycles. The van der Waals surface area contributed by atoms with E-state index in [-0.39, 0.29) is 6.42 Å². The van der Waals surface area contributed by atoms with Crippen LogP contribution in [0.4, 0.5) is 0 Å². The predicted molar refractivity (Wildman–Crippen MR) is 135 cm³/mol. The van der Waals surface area contributed by atoms with Crippen LogP contribution in [0.15, 0.2) is 96.4 Å². The highest BCUT2D eigenvalue weighted by Gasteiger charge is 2.38. The van der Waals surface area contributed by atoms with Crippen LogP contribution in [0.5, 0.6) is 0 Å². The second kappa shape index (κ2) is 8.69. The van der Waals surface area contributed by atoms with Crippen LogP contribution >= 0.6 is 18.9 Å². The predicted octanol–water partition coefficient (Wildman–Crippen LogP) is 6.75. The van der Waals surface area contributed by atoms with Crippen molar-refractivity contribution in [2.75, 3.05) is 0 Å². The molecule has 0 aliphatic rings. The van der Waals surface area contributed by atoms with Crippen LogP contribution < -0.4 is 0 Å². The number of hydrogen-bond acceptors (Lipinski definition) is 3. The monoisotopic (exact) mass is 472 g/mol. The van der Waals surface area contributed by atoms with Crippen molar-refractivity contribution in [3.8, 4) is 11.1 Å². The van der Waals surface area contributed by atoms with Gasteiger partial charge in [0.05, 0.1) is 0 Å². The molecule has 0 saturated carbocycles. The molecule has 2 N–H and O–H groups in total. The van der Waals surface area contributed by atoms with Crippen LogP contribution in [0.2, 0.25) is 0 Å². The first kappa shape index (κ1) is 21.7. The molecule has 0 bridgehead atoms. The Morgan fingerprint density at radius 2 is 1.55 bits per heavy atom. The summed E-state index contributed by atoms with van der Waals surface area (Å²) in [5, 5.41) is 4.46. The lowest BCUT2D eigenvalue weighted by Gasteiger charge is -2.18. The Morgan fingerprint density at radius 1 is 0.818 bits per heavy atom. The van der Waals surface area contributed by atoms with E-state index < -0.39 is 19.0 Å². The molecule has 1 aromatic heterocycles. The zero-order valence-electron chi connectivity index (χ0n) is 17.6. The lowest BCUT2D eigenvalue weighted by molar-refractivity contribution is -0.118. The fourth-order valence-corrected chi connectivity index (χ4v) is 6.37. The normalized spacial score (nSPS) is 12.8. The molecule has 164 valence electrons. The van der Waals surface area contributed by atoms with Gasteiger partial charge in [-0.15, -0.1) is 11.3 Å². The van der Waals surface area contributed by atoms with E-state index in [4.69, 9.17) is 0 Å². The lowest BCUT2D eigenvalue weighted by Crippen LogP contribution is -2.15. The Balaban J connectivity index is 1.54. The highest BCUT2D eigenvalue weighted by molar-refractivity contribution is 7.53. The van der Waals surface area contributed by atoms with Gasteiger partial charge in [-0.2, -0.15) is 0 Å². The van der Waals surface area contributed by atoms with Crippen molar-refractivity contribution in [2.24, 2.45) is 0 Å². The molecule has 4 nitrogen and oxygen atoms in total. The van der Waals surface area contributed by atoms with Gasteiger partial charge in [0.15, 0.2) is 5.78 Å². The number of fused-ring (bicyclic) bond motifs is 2. The summed E-state index contributed by atoms with van der Waals surface area (Å²) in [7, 11) is -4.74. The number of carbonyl (C=O) groups excluding carboxylic acids is 1. The molecule has 0 radical (unpaired) electrons. The van der Waals surface area contributed by atoms with E-state index in [0.29, 0.717) is 10.9 Å². The van der Waals surface area contributed by atoms with E-state index in [2.05, 4.69) is 0 Å². The molecule has 1 heterocycles. The van der Waals surface area contributed by atoms with Gasteiger partial charge < -0.3 is 9.79 Å². The maximum Gasteiger partial charge on any atom is 0.340 e. The Morgan fingerprint density at radius 3 is 2.30 bits per heavy atom. The van der Waals surface area contributed by atoms with Gasteiger partial charge in [-0.05, 0) is 55.9 Å². The van der Waals surface area contributed by atoms with E-state index in [1.54, 1.807) is 5.38 Å². The van der Waals surface area contributed by atoms with Crippen LogP contribution in [0.3, 0.4) is 0 Å². The van der Waals surface area contributed by atoms with Crippen LogP contribution in [0, 0.1) is 0 Å². The van der Waals surface area contributed by atoms with E-state index in [9.17, 15) is 19.1 Å². The minimum absolute atomic E-state index is 0.0453. The number of ketones is 1. The molecular weight excluding hydrogens is 451 g/mol. The third-order valence-corrected chi connectivity index (χ3v) is 8.06. The van der Waals surface area contributed by atoms with Crippen LogP contribution in [0.25, 0.3) is 32.0 Å². The molecular formula is C27H21O4PS. The van der Waals surface area contributed by atoms with E-state index >= 15 is 0 Å². The van der Waals surface area contributed by atoms with Crippen LogP contribution in [0.1, 0.15) is 16.8 Å². The third kappa shape index (κ3) is 4.41. The zero-order valence-corrected chi connectivity index (χ0v) is 19.3. The van der Waals surface area contributed by atoms with Gasteiger partial charge in [-0.25, -0.2) is 0 Å². The lowest BCUT2D eigenvalue weighted by atomic mass is 9.98. The Bertz CT molecular complexity index is 1520. The Labute approximate surface area is 195 Å². The van der Waals surface area contributed by atoms with Gasteiger partial charge in [-0.3, -0.25) is 9.36 Å². The molecule has 5 aromatic rings. The van der Waals surface area contributed by atoms with Gasteiger partial charge in [0.25, 0.3) is 0 Å². The number of hydrogen-bond donors (Lipinski definition) is 2. The van der Waals surface area contributed by atoms with Crippen molar-refractivity contribution >= 4 is 45.6 Å². The maximum absolute atomic E-state index is 13.3. The van der Waals surface area contributed by atoms with E-state index in [0.717, 1.165) is 32.2 Å². The topological polar surface area (TPSA) is 74.6 Å². The van der Waals surface area contributed by atoms with Crippen LogP contribution in [-0.4, -0.2) is 15.6 Å². The van der Waals surface area contributed by atoms with E-state index in [1.807, 2.05) is 91.0 Å². The average molecular weight is 473 g/mol. The number of thiophene rings is 1. The largest absolute Gasteiger partial charge is 0.340 e. The molecule has 33 heavy (non-hydrogen) atoms. The fourth-order valence-electron chi connectivity index (χ4n) is 4.26. The Kier molecular flexibility index (Phi) is 5.73. The molecule has 5 rings (SSSR count). The smallest absolute Gasteiger partial charge is 0.324 e. The van der Waals surface area contributed by atoms with Crippen molar-refractivity contribution in [2.45, 2.75) is 12.1 Å². The number of benzene rings is 4. The average Bonchev–Trinajstić information content (AvgIpc) is 3.21. The minimum atomic E-state index is -4.74. The molecule has 0 fully saturated rings. The molecule has 0 spiro atoms. The first-order valence-corrected chi connectivity index (χ1v) is 13.1. The van der Waals surface area contributed by atoms with E-state index in [1.165, 1.54) is 11.3 Å².